The van der Waals surface area contributed by atoms with E-state index < -0.39 is 25.0 Å². The minimum Gasteiger partial charge on any atom is -0.454 e. The van der Waals surface area contributed by atoms with E-state index in [4.69, 9.17) is 4.74 Å². The van der Waals surface area contributed by atoms with Gasteiger partial charge in [0.1, 0.15) is 6.54 Å². The summed E-state index contributed by atoms with van der Waals surface area (Å²) in [5.74, 6) is -3.16. The van der Waals surface area contributed by atoms with Crippen LogP contribution in [0.2, 0.25) is 0 Å². The van der Waals surface area contributed by atoms with E-state index in [1.54, 1.807) is 0 Å². The van der Waals surface area contributed by atoms with Crippen molar-refractivity contribution in [2.75, 3.05) is 26.7 Å². The van der Waals surface area contributed by atoms with Crippen LogP contribution in [-0.4, -0.2) is 61.2 Å². The zero-order valence-electron chi connectivity index (χ0n) is 13.5. The van der Waals surface area contributed by atoms with Crippen LogP contribution in [0.25, 0.3) is 0 Å². The van der Waals surface area contributed by atoms with Crippen LogP contribution in [0.1, 0.15) is 25.7 Å². The standard InChI is InChI=1S/C15H21N3O6/c1-16-11(19)6-17-12(20)8-24-13(21)7-18-14(22)9-4-2-3-5-10(9)15(18)23/h9-10H,2-8H2,1H3,(H,16,19)(H,17,20)/t9-,10-/m1/s1. The summed E-state index contributed by atoms with van der Waals surface area (Å²) in [4.78, 5) is 59.5. The highest BCUT2D eigenvalue weighted by Crippen LogP contribution is 2.37. The number of ether oxygens (including phenoxy) is 1. The Kier molecular flexibility index (Phi) is 5.88. The molecule has 9 heteroatoms. The number of carbonyl (C=O) groups is 5. The molecule has 0 bridgehead atoms. The molecule has 2 N–H and O–H groups in total. The van der Waals surface area contributed by atoms with Crippen molar-refractivity contribution in [2.24, 2.45) is 11.8 Å². The van der Waals surface area contributed by atoms with Gasteiger partial charge in [-0.05, 0) is 12.8 Å². The lowest BCUT2D eigenvalue weighted by atomic mass is 9.81. The lowest BCUT2D eigenvalue weighted by molar-refractivity contribution is -0.155. The molecule has 0 spiro atoms. The number of nitrogens with zero attached hydrogens (tertiary/aromatic N) is 1. The van der Waals surface area contributed by atoms with E-state index in [1.165, 1.54) is 7.05 Å². The van der Waals surface area contributed by atoms with E-state index in [2.05, 4.69) is 10.6 Å². The quantitative estimate of drug-likeness (QED) is 0.452. The second-order valence-corrected chi connectivity index (χ2v) is 5.87. The van der Waals surface area contributed by atoms with E-state index in [9.17, 15) is 24.0 Å². The van der Waals surface area contributed by atoms with Gasteiger partial charge in [-0.25, -0.2) is 0 Å². The van der Waals surface area contributed by atoms with Gasteiger partial charge in [0.2, 0.25) is 17.7 Å². The van der Waals surface area contributed by atoms with Crippen LogP contribution in [0.15, 0.2) is 0 Å². The van der Waals surface area contributed by atoms with Crippen molar-refractivity contribution in [3.8, 4) is 0 Å². The van der Waals surface area contributed by atoms with E-state index in [-0.39, 0.29) is 36.1 Å². The molecule has 0 aromatic carbocycles. The Morgan fingerprint density at radius 3 is 2.21 bits per heavy atom. The predicted molar refractivity (Wildman–Crippen MR) is 80.2 cm³/mol. The molecule has 0 aromatic heterocycles. The molecule has 2 aliphatic rings. The number of carbonyl (C=O) groups excluding carboxylic acids is 5. The molecular formula is C15H21N3O6. The maximum absolute atomic E-state index is 12.2. The van der Waals surface area contributed by atoms with Crippen LogP contribution >= 0.6 is 0 Å². The number of fused-ring (bicyclic) bond motifs is 1. The van der Waals surface area contributed by atoms with Gasteiger partial charge in [0, 0.05) is 7.05 Å². The van der Waals surface area contributed by atoms with Crippen molar-refractivity contribution in [2.45, 2.75) is 25.7 Å². The van der Waals surface area contributed by atoms with Crippen molar-refractivity contribution in [3.05, 3.63) is 0 Å². The number of hydrogen-bond donors (Lipinski definition) is 2. The lowest BCUT2D eigenvalue weighted by Crippen LogP contribution is -2.39. The third-order valence-corrected chi connectivity index (χ3v) is 4.31. The number of amides is 4. The van der Waals surface area contributed by atoms with Gasteiger partial charge < -0.3 is 15.4 Å². The smallest absolute Gasteiger partial charge is 0.326 e. The van der Waals surface area contributed by atoms with E-state index in [1.807, 2.05) is 0 Å². The Labute approximate surface area is 139 Å². The largest absolute Gasteiger partial charge is 0.454 e. The number of imide groups is 1. The molecule has 2 atom stereocenters. The first kappa shape index (κ1) is 17.9. The van der Waals surface area contributed by atoms with Crippen LogP contribution < -0.4 is 10.6 Å². The normalized spacial score (nSPS) is 22.8. The van der Waals surface area contributed by atoms with E-state index >= 15 is 0 Å². The molecule has 132 valence electrons. The molecule has 24 heavy (non-hydrogen) atoms. The fourth-order valence-corrected chi connectivity index (χ4v) is 3.03. The molecule has 4 amide bonds. The predicted octanol–water partition coefficient (Wildman–Crippen LogP) is -1.43. The Morgan fingerprint density at radius 2 is 1.67 bits per heavy atom. The van der Waals surface area contributed by atoms with Gasteiger partial charge in [0.05, 0.1) is 18.4 Å². The molecule has 1 saturated heterocycles. The molecule has 1 heterocycles. The number of hydrogen-bond acceptors (Lipinski definition) is 6. The molecule has 9 nitrogen and oxygen atoms in total. The highest BCUT2D eigenvalue weighted by molar-refractivity contribution is 6.07. The number of nitrogens with one attached hydrogen (secondary N) is 2. The summed E-state index contributed by atoms with van der Waals surface area (Å²) >= 11 is 0. The number of likely N-dealkylation sites (tertiary alicyclic amines) is 1. The van der Waals surface area contributed by atoms with Gasteiger partial charge in [0.25, 0.3) is 5.91 Å². The Balaban J connectivity index is 1.78. The van der Waals surface area contributed by atoms with Gasteiger partial charge >= 0.3 is 5.97 Å². The van der Waals surface area contributed by atoms with Crippen LogP contribution in [0.4, 0.5) is 0 Å². The Bertz CT molecular complexity index is 537. The van der Waals surface area contributed by atoms with Gasteiger partial charge in [-0.1, -0.05) is 12.8 Å². The summed E-state index contributed by atoms with van der Waals surface area (Å²) < 4.78 is 4.75. The Hall–Kier alpha value is -2.45. The highest BCUT2D eigenvalue weighted by atomic mass is 16.5. The van der Waals surface area contributed by atoms with Crippen LogP contribution in [0.5, 0.6) is 0 Å². The third-order valence-electron chi connectivity index (χ3n) is 4.31. The number of esters is 1. The van der Waals surface area contributed by atoms with Crippen molar-refractivity contribution >= 4 is 29.6 Å². The zero-order valence-corrected chi connectivity index (χ0v) is 13.5. The van der Waals surface area contributed by atoms with Crippen LogP contribution in [0.3, 0.4) is 0 Å². The van der Waals surface area contributed by atoms with Crippen LogP contribution in [0, 0.1) is 11.8 Å². The SMILES string of the molecule is CNC(=O)CNC(=O)COC(=O)CN1C(=O)[C@@H]2CCCC[C@H]2C1=O. The summed E-state index contributed by atoms with van der Waals surface area (Å²) in [7, 11) is 1.43. The van der Waals surface area contributed by atoms with Gasteiger partial charge in [0.15, 0.2) is 6.61 Å². The summed E-state index contributed by atoms with van der Waals surface area (Å²) in [6.45, 7) is -1.27. The van der Waals surface area contributed by atoms with Crippen molar-refractivity contribution in [3.63, 3.8) is 0 Å². The average molecular weight is 339 g/mol. The molecule has 1 aliphatic heterocycles. The average Bonchev–Trinajstić information content (AvgIpc) is 2.83. The third kappa shape index (κ3) is 4.09. The topological polar surface area (TPSA) is 122 Å². The van der Waals surface area contributed by atoms with Crippen molar-refractivity contribution in [1.82, 2.24) is 15.5 Å². The summed E-state index contributed by atoms with van der Waals surface area (Å²) in [6, 6.07) is 0. The van der Waals surface area contributed by atoms with Crippen molar-refractivity contribution in [1.29, 1.82) is 0 Å². The maximum atomic E-state index is 12.2. The second-order valence-electron chi connectivity index (χ2n) is 5.87. The molecular weight excluding hydrogens is 318 g/mol. The maximum Gasteiger partial charge on any atom is 0.326 e. The Morgan fingerprint density at radius 1 is 1.08 bits per heavy atom. The van der Waals surface area contributed by atoms with Gasteiger partial charge in [-0.2, -0.15) is 0 Å². The summed E-state index contributed by atoms with van der Waals surface area (Å²) in [5.41, 5.74) is 0. The van der Waals surface area contributed by atoms with Crippen LogP contribution in [-0.2, 0) is 28.7 Å². The molecule has 1 aliphatic carbocycles. The first-order valence-corrected chi connectivity index (χ1v) is 7.92. The summed E-state index contributed by atoms with van der Waals surface area (Å²) in [5, 5.41) is 4.59. The van der Waals surface area contributed by atoms with E-state index in [0.717, 1.165) is 17.7 Å². The second kappa shape index (κ2) is 7.89. The first-order valence-electron chi connectivity index (χ1n) is 7.92. The lowest BCUT2D eigenvalue weighted by Gasteiger charge is -2.19. The molecule has 0 unspecified atom stereocenters. The number of rotatable bonds is 6. The minimum atomic E-state index is -0.828. The zero-order chi connectivity index (χ0) is 17.7. The summed E-state index contributed by atoms with van der Waals surface area (Å²) in [6.07, 6.45) is 3.15. The fraction of sp³-hybridized carbons (Fsp3) is 0.667. The highest BCUT2D eigenvalue weighted by Gasteiger charge is 2.48. The van der Waals surface area contributed by atoms with Gasteiger partial charge in [-0.3, -0.25) is 28.9 Å². The molecule has 1 saturated carbocycles. The van der Waals surface area contributed by atoms with E-state index in [0.29, 0.717) is 12.8 Å². The van der Waals surface area contributed by atoms with Gasteiger partial charge in [-0.15, -0.1) is 0 Å². The van der Waals surface area contributed by atoms with Crippen molar-refractivity contribution < 1.29 is 28.7 Å². The number of likely N-dealkylation sites (N-methyl/N-ethyl adjacent to an activating group) is 1. The fourth-order valence-electron chi connectivity index (χ4n) is 3.03. The first-order chi connectivity index (χ1) is 11.4. The molecule has 2 fully saturated rings. The minimum absolute atomic E-state index is 0.223. The molecule has 2 rings (SSSR count). The molecule has 0 aromatic rings. The molecule has 0 radical (unpaired) electrons. The monoisotopic (exact) mass is 339 g/mol.